The Balaban J connectivity index is 1.92. The molecule has 5 heteroatoms. The van der Waals surface area contributed by atoms with E-state index in [4.69, 9.17) is 9.15 Å². The van der Waals surface area contributed by atoms with Gasteiger partial charge in [-0.25, -0.2) is 9.79 Å². The summed E-state index contributed by atoms with van der Waals surface area (Å²) in [5, 5.41) is 0. The zero-order valence-electron chi connectivity index (χ0n) is 10.6. The Morgan fingerprint density at radius 3 is 2.55 bits per heavy atom. The van der Waals surface area contributed by atoms with Crippen molar-refractivity contribution >= 4 is 40.5 Å². The van der Waals surface area contributed by atoms with Gasteiger partial charge in [0.05, 0.1) is 0 Å². The minimum atomic E-state index is -0.466. The minimum absolute atomic E-state index is 0.242. The van der Waals surface area contributed by atoms with Crippen LogP contribution in [0.4, 0.5) is 0 Å². The number of ether oxygens (including phenoxy) is 1. The van der Waals surface area contributed by atoms with Crippen LogP contribution in [0, 0.1) is 10.7 Å². The molecule has 2 heterocycles. The van der Waals surface area contributed by atoms with Crippen LogP contribution in [0.2, 0.25) is 0 Å². The maximum absolute atomic E-state index is 11.8. The second kappa shape index (κ2) is 5.24. The van der Waals surface area contributed by atoms with Crippen molar-refractivity contribution in [1.29, 1.82) is 0 Å². The van der Waals surface area contributed by atoms with E-state index in [0.29, 0.717) is 11.7 Å². The van der Waals surface area contributed by atoms with Crippen LogP contribution in [-0.2, 0) is 9.53 Å². The van der Waals surface area contributed by atoms with Gasteiger partial charge >= 0.3 is 5.97 Å². The van der Waals surface area contributed by atoms with Gasteiger partial charge in [-0.15, -0.1) is 0 Å². The number of benzene rings is 1. The first kappa shape index (κ1) is 13.1. The van der Waals surface area contributed by atoms with Gasteiger partial charge in [0.25, 0.3) is 0 Å². The highest BCUT2D eigenvalue weighted by atomic mass is 127. The van der Waals surface area contributed by atoms with Crippen LogP contribution in [0.15, 0.2) is 51.5 Å². The van der Waals surface area contributed by atoms with E-state index in [1.807, 2.05) is 37.3 Å². The van der Waals surface area contributed by atoms with Gasteiger partial charge in [0.2, 0.25) is 5.90 Å². The number of furan rings is 1. The van der Waals surface area contributed by atoms with Gasteiger partial charge in [-0.1, -0.05) is 17.7 Å². The van der Waals surface area contributed by atoms with Crippen LogP contribution in [0.5, 0.6) is 0 Å². The van der Waals surface area contributed by atoms with E-state index in [1.54, 1.807) is 12.1 Å². The van der Waals surface area contributed by atoms with Gasteiger partial charge in [0.1, 0.15) is 5.76 Å². The lowest BCUT2D eigenvalue weighted by atomic mass is 10.1. The molecule has 0 N–H and O–H groups in total. The molecular formula is C15H10INO3. The first-order valence-corrected chi connectivity index (χ1v) is 7.04. The van der Waals surface area contributed by atoms with Crippen molar-refractivity contribution in [1.82, 2.24) is 0 Å². The molecule has 1 aliphatic heterocycles. The first-order chi connectivity index (χ1) is 9.61. The number of cyclic esters (lactones) is 1. The molecule has 0 saturated heterocycles. The van der Waals surface area contributed by atoms with Gasteiger partial charge in [-0.3, -0.25) is 0 Å². The highest BCUT2D eigenvalue weighted by Gasteiger charge is 2.24. The Labute approximate surface area is 129 Å². The first-order valence-electron chi connectivity index (χ1n) is 5.97. The zero-order valence-corrected chi connectivity index (χ0v) is 12.7. The monoisotopic (exact) mass is 379 g/mol. The number of nitrogens with zero attached hydrogens (tertiary/aromatic N) is 1. The summed E-state index contributed by atoms with van der Waals surface area (Å²) in [5.74, 6) is 0.435. The molecule has 0 bridgehead atoms. The van der Waals surface area contributed by atoms with Crippen molar-refractivity contribution in [3.05, 3.63) is 62.7 Å². The summed E-state index contributed by atoms with van der Waals surface area (Å²) in [7, 11) is 0. The van der Waals surface area contributed by atoms with E-state index in [9.17, 15) is 4.79 Å². The molecule has 1 aromatic heterocycles. The van der Waals surface area contributed by atoms with Crippen molar-refractivity contribution in [2.45, 2.75) is 6.92 Å². The highest BCUT2D eigenvalue weighted by molar-refractivity contribution is 14.1. The van der Waals surface area contributed by atoms with Crippen molar-refractivity contribution < 1.29 is 13.9 Å². The van der Waals surface area contributed by atoms with Crippen LogP contribution in [0.1, 0.15) is 16.9 Å². The van der Waals surface area contributed by atoms with E-state index in [-0.39, 0.29) is 5.70 Å². The van der Waals surface area contributed by atoms with Gasteiger partial charge in [0, 0.05) is 11.6 Å². The molecule has 1 aliphatic rings. The molecule has 0 saturated carbocycles. The number of hydrogen-bond acceptors (Lipinski definition) is 4. The lowest BCUT2D eigenvalue weighted by Crippen LogP contribution is -2.05. The normalized spacial score (nSPS) is 16.4. The third kappa shape index (κ3) is 2.67. The van der Waals surface area contributed by atoms with Crippen LogP contribution < -0.4 is 0 Å². The Kier molecular flexibility index (Phi) is 3.43. The van der Waals surface area contributed by atoms with Crippen molar-refractivity contribution in [3.63, 3.8) is 0 Å². The van der Waals surface area contributed by atoms with Crippen molar-refractivity contribution in [2.24, 2.45) is 4.99 Å². The fourth-order valence-corrected chi connectivity index (χ4v) is 2.20. The lowest BCUT2D eigenvalue weighted by Gasteiger charge is -1.99. The number of esters is 1. The van der Waals surface area contributed by atoms with Gasteiger partial charge in [-0.05, 0) is 53.8 Å². The summed E-state index contributed by atoms with van der Waals surface area (Å²) in [6.45, 7) is 2.00. The number of carbonyl (C=O) groups is 1. The van der Waals surface area contributed by atoms with Crippen molar-refractivity contribution in [2.75, 3.05) is 0 Å². The Hall–Kier alpha value is -1.89. The number of hydrogen-bond donors (Lipinski definition) is 0. The van der Waals surface area contributed by atoms with E-state index in [2.05, 4.69) is 27.6 Å². The Morgan fingerprint density at radius 1 is 1.15 bits per heavy atom. The predicted molar refractivity (Wildman–Crippen MR) is 83.2 cm³/mol. The summed E-state index contributed by atoms with van der Waals surface area (Å²) >= 11 is 2.06. The second-order valence-corrected chi connectivity index (χ2v) is 5.41. The molecular weight excluding hydrogens is 369 g/mol. The van der Waals surface area contributed by atoms with E-state index in [1.165, 1.54) is 0 Å². The van der Waals surface area contributed by atoms with Gasteiger partial charge in [-0.2, -0.15) is 0 Å². The molecule has 2 aromatic rings. The van der Waals surface area contributed by atoms with Crippen LogP contribution in [-0.4, -0.2) is 11.9 Å². The fraction of sp³-hybridized carbons (Fsp3) is 0.0667. The average Bonchev–Trinajstić information content (AvgIpc) is 2.98. The Bertz CT molecular complexity index is 726. The molecule has 100 valence electrons. The van der Waals surface area contributed by atoms with Crippen molar-refractivity contribution in [3.8, 4) is 0 Å². The van der Waals surface area contributed by atoms with E-state index in [0.717, 1.165) is 14.9 Å². The third-order valence-electron chi connectivity index (χ3n) is 2.79. The average molecular weight is 379 g/mol. The number of rotatable bonds is 2. The SMILES string of the molecule is Cc1ccc(C2=NC(=Cc3ccc(I)o3)C(=O)O2)cc1. The fourth-order valence-electron chi connectivity index (χ4n) is 1.77. The number of halogens is 1. The smallest absolute Gasteiger partial charge is 0.363 e. The molecule has 0 amide bonds. The summed E-state index contributed by atoms with van der Waals surface area (Å²) in [4.78, 5) is 16.0. The Morgan fingerprint density at radius 2 is 1.90 bits per heavy atom. The van der Waals surface area contributed by atoms with E-state index >= 15 is 0 Å². The predicted octanol–water partition coefficient (Wildman–Crippen LogP) is 3.54. The largest absolute Gasteiger partial charge is 0.451 e. The number of aryl methyl sites for hydroxylation is 1. The molecule has 0 unspecified atom stereocenters. The molecule has 0 radical (unpaired) electrons. The molecule has 3 rings (SSSR count). The molecule has 20 heavy (non-hydrogen) atoms. The van der Waals surface area contributed by atoms with Crippen LogP contribution in [0.25, 0.3) is 6.08 Å². The van der Waals surface area contributed by atoms with Crippen LogP contribution >= 0.6 is 22.6 Å². The number of aliphatic imine (C=N–C) groups is 1. The third-order valence-corrected chi connectivity index (χ3v) is 3.37. The lowest BCUT2D eigenvalue weighted by molar-refractivity contribution is -0.129. The molecule has 0 fully saturated rings. The molecule has 0 atom stereocenters. The van der Waals surface area contributed by atoms with Gasteiger partial charge in [0.15, 0.2) is 9.46 Å². The second-order valence-electron chi connectivity index (χ2n) is 4.34. The standard InChI is InChI=1S/C15H10INO3/c1-9-2-4-10(5-3-9)14-17-12(15(18)20-14)8-11-6-7-13(16)19-11/h2-8H,1H3. The summed E-state index contributed by atoms with van der Waals surface area (Å²) in [6, 6.07) is 11.2. The topological polar surface area (TPSA) is 51.8 Å². The molecule has 0 aliphatic carbocycles. The summed E-state index contributed by atoms with van der Waals surface area (Å²) < 4.78 is 11.3. The van der Waals surface area contributed by atoms with E-state index < -0.39 is 5.97 Å². The van der Waals surface area contributed by atoms with Gasteiger partial charge < -0.3 is 9.15 Å². The minimum Gasteiger partial charge on any atom is -0.451 e. The number of carbonyl (C=O) groups excluding carboxylic acids is 1. The van der Waals surface area contributed by atoms with Crippen LogP contribution in [0.3, 0.4) is 0 Å². The molecule has 1 aromatic carbocycles. The summed E-state index contributed by atoms with van der Waals surface area (Å²) in [6.07, 6.45) is 1.58. The molecule has 4 nitrogen and oxygen atoms in total. The maximum Gasteiger partial charge on any atom is 0.363 e. The summed E-state index contributed by atoms with van der Waals surface area (Å²) in [5.41, 5.74) is 2.16. The molecule has 0 spiro atoms. The zero-order chi connectivity index (χ0) is 14.1. The highest BCUT2D eigenvalue weighted by Crippen LogP contribution is 2.20. The maximum atomic E-state index is 11.8. The quantitative estimate of drug-likeness (QED) is 0.456.